The predicted octanol–water partition coefficient (Wildman–Crippen LogP) is 1.76. The number of carbonyl (C=O) groups is 1. The molecular weight excluding hydrogens is 206 g/mol. The molecule has 1 aromatic heterocycles. The van der Waals surface area contributed by atoms with Crippen molar-refractivity contribution < 1.29 is 9.32 Å². The molecule has 2 heterocycles. The maximum Gasteiger partial charge on any atom is 0.260 e. The second-order valence-corrected chi connectivity index (χ2v) is 4.42. The fourth-order valence-electron chi connectivity index (χ4n) is 1.79. The van der Waals surface area contributed by atoms with Crippen molar-refractivity contribution in [2.45, 2.75) is 39.8 Å². The van der Waals surface area contributed by atoms with E-state index < -0.39 is 0 Å². The summed E-state index contributed by atoms with van der Waals surface area (Å²) in [6.07, 6.45) is 1.63. The van der Waals surface area contributed by atoms with Gasteiger partial charge in [0.25, 0.3) is 5.91 Å². The quantitative estimate of drug-likeness (QED) is 0.819. The lowest BCUT2D eigenvalue weighted by Crippen LogP contribution is -2.47. The molecule has 0 saturated carbocycles. The minimum Gasteiger partial charge on any atom is -0.338 e. The van der Waals surface area contributed by atoms with Gasteiger partial charge >= 0.3 is 0 Å². The van der Waals surface area contributed by atoms with Gasteiger partial charge in [-0.25, -0.2) is 0 Å². The third kappa shape index (κ3) is 1.77. The van der Waals surface area contributed by atoms with Gasteiger partial charge in [0, 0.05) is 0 Å². The van der Waals surface area contributed by atoms with Crippen LogP contribution in [-0.4, -0.2) is 17.2 Å². The Kier molecular flexibility index (Phi) is 2.85. The van der Waals surface area contributed by atoms with Gasteiger partial charge in [-0.05, 0) is 12.3 Å². The molecule has 0 saturated heterocycles. The lowest BCUT2D eigenvalue weighted by molar-refractivity contribution is 0.0923. The summed E-state index contributed by atoms with van der Waals surface area (Å²) >= 11 is 0. The second-order valence-electron chi connectivity index (χ2n) is 4.42. The number of fused-ring (bicyclic) bond motifs is 1. The summed E-state index contributed by atoms with van der Waals surface area (Å²) in [7, 11) is 0. The van der Waals surface area contributed by atoms with E-state index in [0.717, 1.165) is 18.5 Å². The summed E-state index contributed by atoms with van der Waals surface area (Å²) in [6.45, 7) is 6.12. The van der Waals surface area contributed by atoms with Gasteiger partial charge in [-0.2, -0.15) is 0 Å². The molecule has 1 atom stereocenters. The maximum atomic E-state index is 11.9. The van der Waals surface area contributed by atoms with E-state index in [2.05, 4.69) is 15.8 Å². The van der Waals surface area contributed by atoms with Crippen molar-refractivity contribution in [1.29, 1.82) is 0 Å². The molecule has 1 aliphatic heterocycles. The normalized spacial score (nSPS) is 19.2. The molecular formula is C11H17N3O2. The monoisotopic (exact) mass is 223 g/mol. The summed E-state index contributed by atoms with van der Waals surface area (Å²) in [4.78, 5) is 11.9. The first-order valence-corrected chi connectivity index (χ1v) is 5.69. The molecule has 0 aliphatic carbocycles. The van der Waals surface area contributed by atoms with Gasteiger partial charge in [-0.1, -0.05) is 32.3 Å². The third-order valence-corrected chi connectivity index (χ3v) is 2.72. The van der Waals surface area contributed by atoms with Gasteiger partial charge in [0.05, 0.1) is 5.69 Å². The Morgan fingerprint density at radius 3 is 2.81 bits per heavy atom. The van der Waals surface area contributed by atoms with Crippen molar-refractivity contribution in [2.75, 3.05) is 5.32 Å². The van der Waals surface area contributed by atoms with Crippen molar-refractivity contribution in [3.05, 3.63) is 11.3 Å². The minimum atomic E-state index is -0.0860. The number of hydrogen-bond acceptors (Lipinski definition) is 4. The van der Waals surface area contributed by atoms with Gasteiger partial charge < -0.3 is 15.2 Å². The van der Waals surface area contributed by atoms with Crippen molar-refractivity contribution in [2.24, 2.45) is 5.92 Å². The van der Waals surface area contributed by atoms with Crippen LogP contribution in [0.3, 0.4) is 0 Å². The number of anilines is 1. The number of amides is 1. The average molecular weight is 223 g/mol. The SMILES string of the molecule is CCCc1noc2c1C(=O)NC(C(C)C)N2. The molecule has 1 aromatic rings. The van der Waals surface area contributed by atoms with Crippen LogP contribution >= 0.6 is 0 Å². The van der Waals surface area contributed by atoms with E-state index in [1.807, 2.05) is 20.8 Å². The van der Waals surface area contributed by atoms with Crippen LogP contribution in [0.5, 0.6) is 0 Å². The molecule has 1 unspecified atom stereocenters. The average Bonchev–Trinajstić information content (AvgIpc) is 2.62. The molecule has 5 heteroatoms. The molecule has 1 amide bonds. The first-order chi connectivity index (χ1) is 7.63. The smallest absolute Gasteiger partial charge is 0.260 e. The lowest BCUT2D eigenvalue weighted by atomic mass is 10.1. The first-order valence-electron chi connectivity index (χ1n) is 5.69. The number of nitrogens with zero attached hydrogens (tertiary/aromatic N) is 1. The maximum absolute atomic E-state index is 11.9. The fourth-order valence-corrected chi connectivity index (χ4v) is 1.79. The Labute approximate surface area is 94.6 Å². The lowest BCUT2D eigenvalue weighted by Gasteiger charge is -2.27. The molecule has 0 bridgehead atoms. The molecule has 2 rings (SSSR count). The largest absolute Gasteiger partial charge is 0.338 e. The van der Waals surface area contributed by atoms with Crippen LogP contribution in [0.4, 0.5) is 5.88 Å². The molecule has 0 spiro atoms. The number of aromatic nitrogens is 1. The number of hydrogen-bond donors (Lipinski definition) is 2. The summed E-state index contributed by atoms with van der Waals surface area (Å²) < 4.78 is 5.17. The van der Waals surface area contributed by atoms with E-state index in [9.17, 15) is 4.79 Å². The molecule has 2 N–H and O–H groups in total. The molecule has 0 radical (unpaired) electrons. The summed E-state index contributed by atoms with van der Waals surface area (Å²) in [5.41, 5.74) is 1.31. The number of carbonyl (C=O) groups excluding carboxylic acids is 1. The van der Waals surface area contributed by atoms with Crippen molar-refractivity contribution in [3.8, 4) is 0 Å². The Morgan fingerprint density at radius 2 is 2.19 bits per heavy atom. The zero-order valence-corrected chi connectivity index (χ0v) is 9.83. The zero-order valence-electron chi connectivity index (χ0n) is 9.83. The van der Waals surface area contributed by atoms with Crippen molar-refractivity contribution in [3.63, 3.8) is 0 Å². The molecule has 0 aromatic carbocycles. The van der Waals surface area contributed by atoms with Crippen LogP contribution in [0.2, 0.25) is 0 Å². The molecule has 88 valence electrons. The minimum absolute atomic E-state index is 0.0811. The number of rotatable bonds is 3. The van der Waals surface area contributed by atoms with Crippen LogP contribution in [-0.2, 0) is 6.42 Å². The van der Waals surface area contributed by atoms with Crippen LogP contribution in [0.25, 0.3) is 0 Å². The van der Waals surface area contributed by atoms with Gasteiger partial charge in [-0.3, -0.25) is 4.79 Å². The van der Waals surface area contributed by atoms with Crippen molar-refractivity contribution in [1.82, 2.24) is 10.5 Å². The van der Waals surface area contributed by atoms with E-state index in [0.29, 0.717) is 17.4 Å². The zero-order chi connectivity index (χ0) is 11.7. The van der Waals surface area contributed by atoms with Gasteiger partial charge in [0.2, 0.25) is 5.88 Å². The Balaban J connectivity index is 2.29. The molecule has 16 heavy (non-hydrogen) atoms. The first kappa shape index (κ1) is 11.0. The van der Waals surface area contributed by atoms with Gasteiger partial charge in [0.15, 0.2) is 0 Å². The highest BCUT2D eigenvalue weighted by Crippen LogP contribution is 2.26. The summed E-state index contributed by atoms with van der Waals surface area (Å²) in [5.74, 6) is 0.722. The molecule has 5 nitrogen and oxygen atoms in total. The molecule has 0 fully saturated rings. The van der Waals surface area contributed by atoms with Crippen molar-refractivity contribution >= 4 is 11.8 Å². The van der Waals surface area contributed by atoms with Gasteiger partial charge in [0.1, 0.15) is 11.7 Å². The highest BCUT2D eigenvalue weighted by molar-refractivity contribution is 6.01. The number of aryl methyl sites for hydroxylation is 1. The summed E-state index contributed by atoms with van der Waals surface area (Å²) in [5, 5.41) is 9.98. The van der Waals surface area contributed by atoms with Crippen LogP contribution in [0.15, 0.2) is 4.52 Å². The predicted molar refractivity (Wildman–Crippen MR) is 60.2 cm³/mol. The van der Waals surface area contributed by atoms with E-state index in [1.54, 1.807) is 0 Å². The highest BCUT2D eigenvalue weighted by Gasteiger charge is 2.31. The van der Waals surface area contributed by atoms with E-state index in [1.165, 1.54) is 0 Å². The Bertz CT molecular complexity index is 398. The fraction of sp³-hybridized carbons (Fsp3) is 0.636. The standard InChI is InChI=1S/C11H17N3O2/c1-4-5-7-8-10(15)12-9(6(2)3)13-11(8)16-14-7/h6,9,13H,4-5H2,1-3H3,(H,12,15). The van der Waals surface area contributed by atoms with E-state index >= 15 is 0 Å². The van der Waals surface area contributed by atoms with Gasteiger partial charge in [-0.15, -0.1) is 0 Å². The van der Waals surface area contributed by atoms with E-state index in [-0.39, 0.29) is 12.1 Å². The number of nitrogens with one attached hydrogen (secondary N) is 2. The summed E-state index contributed by atoms with van der Waals surface area (Å²) in [6, 6.07) is 0. The highest BCUT2D eigenvalue weighted by atomic mass is 16.5. The molecule has 1 aliphatic rings. The Hall–Kier alpha value is -1.52. The van der Waals surface area contributed by atoms with Crippen LogP contribution in [0.1, 0.15) is 43.2 Å². The topological polar surface area (TPSA) is 67.2 Å². The third-order valence-electron chi connectivity index (χ3n) is 2.72. The second kappa shape index (κ2) is 4.15. The Morgan fingerprint density at radius 1 is 1.44 bits per heavy atom. The van der Waals surface area contributed by atoms with Crippen LogP contribution < -0.4 is 10.6 Å². The van der Waals surface area contributed by atoms with E-state index in [4.69, 9.17) is 4.52 Å². The van der Waals surface area contributed by atoms with Crippen LogP contribution in [0, 0.1) is 5.92 Å².